The summed E-state index contributed by atoms with van der Waals surface area (Å²) >= 11 is 5.13. The monoisotopic (exact) mass is 288 g/mol. The molecule has 0 N–H and O–H groups in total. The average Bonchev–Trinajstić information content (AvgIpc) is 2.64. The first kappa shape index (κ1) is 11.3. The summed E-state index contributed by atoms with van der Waals surface area (Å²) in [6.07, 6.45) is 3.46. The van der Waals surface area contributed by atoms with E-state index in [0.29, 0.717) is 25.2 Å². The van der Waals surface area contributed by atoms with Gasteiger partial charge in [-0.2, -0.15) is 0 Å². The molecule has 0 bridgehead atoms. The Balaban J connectivity index is 1.76. The van der Waals surface area contributed by atoms with Crippen molar-refractivity contribution in [1.82, 2.24) is 0 Å². The molecule has 1 aliphatic carbocycles. The quantitative estimate of drug-likeness (QED) is 0.850. The lowest BCUT2D eigenvalue weighted by atomic mass is 9.96. The molecule has 0 spiro atoms. The van der Waals surface area contributed by atoms with Gasteiger partial charge in [0.05, 0.1) is 16.5 Å². The van der Waals surface area contributed by atoms with Crippen molar-refractivity contribution in [1.29, 1.82) is 0 Å². The van der Waals surface area contributed by atoms with Crippen LogP contribution < -0.4 is 0 Å². The van der Waals surface area contributed by atoms with Crippen molar-refractivity contribution in [3.8, 4) is 0 Å². The van der Waals surface area contributed by atoms with Crippen LogP contribution in [0.3, 0.4) is 0 Å². The summed E-state index contributed by atoms with van der Waals surface area (Å²) < 4.78 is 6.91. The van der Waals surface area contributed by atoms with Gasteiger partial charge in [-0.25, -0.2) is 0 Å². The van der Waals surface area contributed by atoms with Crippen LogP contribution in [0, 0.1) is 0 Å². The molecule has 1 heterocycles. The second-order valence-electron chi connectivity index (χ2n) is 3.75. The summed E-state index contributed by atoms with van der Waals surface area (Å²) in [5, 5.41) is 0. The van der Waals surface area contributed by atoms with Crippen molar-refractivity contribution in [3.05, 3.63) is 20.8 Å². The van der Waals surface area contributed by atoms with E-state index in [9.17, 15) is 4.79 Å². The van der Waals surface area contributed by atoms with E-state index in [0.717, 1.165) is 16.6 Å². The SMILES string of the molecule is O=C1CCC(OCc2ccc(Br)s2)CC1. The number of hydrogen-bond acceptors (Lipinski definition) is 3. The maximum Gasteiger partial charge on any atom is 0.133 e. The molecule has 1 fully saturated rings. The van der Waals surface area contributed by atoms with Gasteiger partial charge in [0.15, 0.2) is 0 Å². The molecular formula is C11H13BrO2S. The smallest absolute Gasteiger partial charge is 0.133 e. The van der Waals surface area contributed by atoms with Crippen LogP contribution in [-0.4, -0.2) is 11.9 Å². The summed E-state index contributed by atoms with van der Waals surface area (Å²) in [7, 11) is 0. The van der Waals surface area contributed by atoms with E-state index in [1.807, 2.05) is 6.07 Å². The van der Waals surface area contributed by atoms with E-state index in [4.69, 9.17) is 4.74 Å². The molecule has 4 heteroatoms. The third-order valence-electron chi connectivity index (χ3n) is 2.58. The second kappa shape index (κ2) is 5.23. The Morgan fingerprint density at radius 2 is 2.13 bits per heavy atom. The van der Waals surface area contributed by atoms with Crippen LogP contribution in [0.4, 0.5) is 0 Å². The van der Waals surface area contributed by atoms with E-state index in [1.54, 1.807) is 11.3 Å². The summed E-state index contributed by atoms with van der Waals surface area (Å²) in [5.74, 6) is 0.383. The fourth-order valence-electron chi connectivity index (χ4n) is 1.71. The molecule has 0 unspecified atom stereocenters. The predicted molar refractivity (Wildman–Crippen MR) is 64.1 cm³/mol. The summed E-state index contributed by atoms with van der Waals surface area (Å²) in [6, 6.07) is 4.11. The van der Waals surface area contributed by atoms with Gasteiger partial charge in [0, 0.05) is 17.7 Å². The number of Topliss-reactive ketones (excluding diaryl/α,β-unsaturated/α-hetero) is 1. The molecular weight excluding hydrogens is 276 g/mol. The lowest BCUT2D eigenvalue weighted by molar-refractivity contribution is -0.123. The minimum Gasteiger partial charge on any atom is -0.373 e. The summed E-state index contributed by atoms with van der Waals surface area (Å²) in [4.78, 5) is 12.3. The van der Waals surface area contributed by atoms with E-state index in [1.165, 1.54) is 4.88 Å². The standard InChI is InChI=1S/C11H13BrO2S/c12-11-6-5-10(15-11)7-14-9-3-1-8(13)2-4-9/h5-6,9H,1-4,7H2. The molecule has 0 amide bonds. The van der Waals surface area contributed by atoms with Crippen molar-refractivity contribution in [2.24, 2.45) is 0 Å². The number of ether oxygens (including phenoxy) is 1. The molecule has 2 nitrogen and oxygen atoms in total. The zero-order valence-electron chi connectivity index (χ0n) is 8.37. The molecule has 2 rings (SSSR count). The first-order valence-electron chi connectivity index (χ1n) is 5.11. The van der Waals surface area contributed by atoms with Gasteiger partial charge in [-0.1, -0.05) is 0 Å². The Labute approximate surface area is 102 Å². The molecule has 15 heavy (non-hydrogen) atoms. The third kappa shape index (κ3) is 3.40. The average molecular weight is 289 g/mol. The third-order valence-corrected chi connectivity index (χ3v) is 4.18. The van der Waals surface area contributed by atoms with Crippen molar-refractivity contribution in [2.45, 2.75) is 38.4 Å². The molecule has 1 saturated carbocycles. The first-order chi connectivity index (χ1) is 7.24. The Bertz CT molecular complexity index is 338. The van der Waals surface area contributed by atoms with E-state index in [-0.39, 0.29) is 6.10 Å². The number of hydrogen-bond donors (Lipinski definition) is 0. The van der Waals surface area contributed by atoms with E-state index in [2.05, 4.69) is 22.0 Å². The van der Waals surface area contributed by atoms with Crippen molar-refractivity contribution >= 4 is 33.0 Å². The number of rotatable bonds is 3. The van der Waals surface area contributed by atoms with Gasteiger partial charge in [-0.15, -0.1) is 11.3 Å². The highest BCUT2D eigenvalue weighted by molar-refractivity contribution is 9.11. The molecule has 1 aliphatic rings. The van der Waals surface area contributed by atoms with Gasteiger partial charge >= 0.3 is 0 Å². The van der Waals surface area contributed by atoms with Gasteiger partial charge in [0.25, 0.3) is 0 Å². The Kier molecular flexibility index (Phi) is 3.94. The van der Waals surface area contributed by atoms with Crippen LogP contribution in [0.25, 0.3) is 0 Å². The molecule has 0 saturated heterocycles. The highest BCUT2D eigenvalue weighted by atomic mass is 79.9. The Morgan fingerprint density at radius 1 is 1.40 bits per heavy atom. The maximum atomic E-state index is 11.0. The summed E-state index contributed by atoms with van der Waals surface area (Å²) in [5.41, 5.74) is 0. The van der Waals surface area contributed by atoms with Gasteiger partial charge in [0.2, 0.25) is 0 Å². The van der Waals surface area contributed by atoms with Gasteiger partial charge < -0.3 is 4.74 Å². The van der Waals surface area contributed by atoms with Crippen LogP contribution in [0.1, 0.15) is 30.6 Å². The summed E-state index contributed by atoms with van der Waals surface area (Å²) in [6.45, 7) is 0.676. The van der Waals surface area contributed by atoms with Crippen LogP contribution in [0.15, 0.2) is 15.9 Å². The molecule has 0 radical (unpaired) electrons. The van der Waals surface area contributed by atoms with E-state index >= 15 is 0 Å². The molecule has 1 aromatic heterocycles. The zero-order valence-corrected chi connectivity index (χ0v) is 10.8. The first-order valence-corrected chi connectivity index (χ1v) is 6.72. The van der Waals surface area contributed by atoms with Gasteiger partial charge in [0.1, 0.15) is 5.78 Å². The number of carbonyl (C=O) groups is 1. The lowest BCUT2D eigenvalue weighted by Crippen LogP contribution is -2.21. The zero-order chi connectivity index (χ0) is 10.7. The molecule has 0 aromatic carbocycles. The molecule has 0 aliphatic heterocycles. The minimum atomic E-state index is 0.281. The molecule has 82 valence electrons. The number of thiophene rings is 1. The molecule has 0 atom stereocenters. The minimum absolute atomic E-state index is 0.281. The van der Waals surface area contributed by atoms with Crippen LogP contribution in [0.2, 0.25) is 0 Å². The second-order valence-corrected chi connectivity index (χ2v) is 6.30. The number of carbonyl (C=O) groups excluding carboxylic acids is 1. The Hall–Kier alpha value is -0.190. The van der Waals surface area contributed by atoms with Crippen molar-refractivity contribution < 1.29 is 9.53 Å². The van der Waals surface area contributed by atoms with E-state index < -0.39 is 0 Å². The molecule has 1 aromatic rings. The highest BCUT2D eigenvalue weighted by Gasteiger charge is 2.19. The van der Waals surface area contributed by atoms with Crippen LogP contribution in [-0.2, 0) is 16.1 Å². The Morgan fingerprint density at radius 3 is 2.73 bits per heavy atom. The largest absolute Gasteiger partial charge is 0.373 e. The fraction of sp³-hybridized carbons (Fsp3) is 0.545. The fourth-order valence-corrected chi connectivity index (χ4v) is 3.11. The lowest BCUT2D eigenvalue weighted by Gasteiger charge is -2.20. The van der Waals surface area contributed by atoms with Gasteiger partial charge in [-0.3, -0.25) is 4.79 Å². The van der Waals surface area contributed by atoms with Crippen LogP contribution >= 0.6 is 27.3 Å². The predicted octanol–water partition coefficient (Wildman–Crippen LogP) is 3.54. The highest BCUT2D eigenvalue weighted by Crippen LogP contribution is 2.25. The maximum absolute atomic E-state index is 11.0. The number of ketones is 1. The van der Waals surface area contributed by atoms with Crippen LogP contribution in [0.5, 0.6) is 0 Å². The topological polar surface area (TPSA) is 26.3 Å². The van der Waals surface area contributed by atoms with Crippen molar-refractivity contribution in [2.75, 3.05) is 0 Å². The van der Waals surface area contributed by atoms with Crippen molar-refractivity contribution in [3.63, 3.8) is 0 Å². The van der Waals surface area contributed by atoms with Gasteiger partial charge in [-0.05, 0) is 40.9 Å². The number of halogens is 1. The normalized spacial score (nSPS) is 18.3.